The van der Waals surface area contributed by atoms with Crippen LogP contribution < -0.4 is 4.90 Å². The van der Waals surface area contributed by atoms with Gasteiger partial charge in [0.05, 0.1) is 0 Å². The zero-order valence-corrected chi connectivity index (χ0v) is 16.7. The molecule has 4 heterocycles. The first-order chi connectivity index (χ1) is 14.7. The van der Waals surface area contributed by atoms with Crippen LogP contribution in [-0.4, -0.2) is 57.1 Å². The topological polar surface area (TPSA) is 91.2 Å². The van der Waals surface area contributed by atoms with Crippen molar-refractivity contribution >= 4 is 22.6 Å². The summed E-state index contributed by atoms with van der Waals surface area (Å²) in [5.74, 6) is 2.10. The summed E-state index contributed by atoms with van der Waals surface area (Å²) in [6.07, 6.45) is 2.47. The molecule has 0 aliphatic carbocycles. The number of aromatic amines is 1. The lowest BCUT2D eigenvalue weighted by atomic mass is 10.2. The first-order valence-electron chi connectivity index (χ1n) is 10.1. The second-order valence-electron chi connectivity index (χ2n) is 7.32. The molecule has 30 heavy (non-hydrogen) atoms. The van der Waals surface area contributed by atoms with E-state index in [1.54, 1.807) is 6.20 Å². The van der Waals surface area contributed by atoms with Gasteiger partial charge < -0.3 is 19.3 Å². The maximum atomic E-state index is 12.9. The maximum absolute atomic E-state index is 12.9. The molecular formula is C22H22N6O2. The minimum absolute atomic E-state index is 0.0398. The number of aromatic nitrogens is 4. The third-order valence-corrected chi connectivity index (χ3v) is 5.43. The lowest BCUT2D eigenvalue weighted by Crippen LogP contribution is -2.49. The van der Waals surface area contributed by atoms with Crippen molar-refractivity contribution in [3.63, 3.8) is 0 Å². The van der Waals surface area contributed by atoms with E-state index in [-0.39, 0.29) is 5.91 Å². The lowest BCUT2D eigenvalue weighted by Gasteiger charge is -2.35. The summed E-state index contributed by atoms with van der Waals surface area (Å²) in [5, 5.41) is 5.04. The highest BCUT2D eigenvalue weighted by atomic mass is 16.5. The van der Waals surface area contributed by atoms with Crippen LogP contribution in [0.5, 0.6) is 0 Å². The minimum Gasteiger partial charge on any atom is -0.353 e. The fourth-order valence-corrected chi connectivity index (χ4v) is 3.72. The molecule has 152 valence electrons. The largest absolute Gasteiger partial charge is 0.353 e. The average molecular weight is 402 g/mol. The SMILES string of the molecule is CCc1nc(-c2ccc(N3CCN(C(=O)c4cc5ccccc5[nH]4)CC3)nc2)no1. The smallest absolute Gasteiger partial charge is 0.270 e. The van der Waals surface area contributed by atoms with Crippen molar-refractivity contribution < 1.29 is 9.32 Å². The second-order valence-corrected chi connectivity index (χ2v) is 7.32. The molecule has 1 N–H and O–H groups in total. The third kappa shape index (κ3) is 3.41. The van der Waals surface area contributed by atoms with Gasteiger partial charge in [-0.2, -0.15) is 4.98 Å². The van der Waals surface area contributed by atoms with Gasteiger partial charge in [-0.15, -0.1) is 0 Å². The monoisotopic (exact) mass is 402 g/mol. The van der Waals surface area contributed by atoms with Crippen LogP contribution in [0.15, 0.2) is 53.2 Å². The van der Waals surface area contributed by atoms with Gasteiger partial charge in [0.2, 0.25) is 11.7 Å². The van der Waals surface area contributed by atoms with E-state index < -0.39 is 0 Å². The Labute approximate surface area is 173 Å². The van der Waals surface area contributed by atoms with Crippen LogP contribution in [0, 0.1) is 0 Å². The number of nitrogens with one attached hydrogen (secondary N) is 1. The summed E-state index contributed by atoms with van der Waals surface area (Å²) >= 11 is 0. The van der Waals surface area contributed by atoms with E-state index in [9.17, 15) is 4.79 Å². The van der Waals surface area contributed by atoms with E-state index in [1.165, 1.54) is 0 Å². The number of anilines is 1. The number of hydrogen-bond acceptors (Lipinski definition) is 6. The van der Waals surface area contributed by atoms with Gasteiger partial charge in [0.25, 0.3) is 5.91 Å². The third-order valence-electron chi connectivity index (χ3n) is 5.43. The standard InChI is InChI=1S/C22H22N6O2/c1-2-20-25-21(26-30-20)16-7-8-19(23-14-16)27-9-11-28(12-10-27)22(29)18-13-15-5-3-4-6-17(15)24-18/h3-8,13-14,24H,2,9-12H2,1H3. The van der Waals surface area contributed by atoms with Gasteiger partial charge in [-0.05, 0) is 24.3 Å². The van der Waals surface area contributed by atoms with Crippen molar-refractivity contribution in [2.45, 2.75) is 13.3 Å². The van der Waals surface area contributed by atoms with E-state index in [0.29, 0.717) is 36.9 Å². The first kappa shape index (κ1) is 18.4. The zero-order valence-electron chi connectivity index (χ0n) is 16.7. The van der Waals surface area contributed by atoms with E-state index >= 15 is 0 Å². The molecule has 1 aliphatic heterocycles. The number of aryl methyl sites for hydroxylation is 1. The molecule has 1 aromatic carbocycles. The van der Waals surface area contributed by atoms with Crippen LogP contribution in [0.25, 0.3) is 22.3 Å². The van der Waals surface area contributed by atoms with Crippen LogP contribution in [0.4, 0.5) is 5.82 Å². The number of benzene rings is 1. The number of piperazine rings is 1. The maximum Gasteiger partial charge on any atom is 0.270 e. The minimum atomic E-state index is 0.0398. The molecule has 4 aromatic rings. The van der Waals surface area contributed by atoms with E-state index in [4.69, 9.17) is 4.52 Å². The fourth-order valence-electron chi connectivity index (χ4n) is 3.72. The molecule has 8 nitrogen and oxygen atoms in total. The molecule has 0 radical (unpaired) electrons. The molecule has 1 saturated heterocycles. The number of amides is 1. The molecule has 3 aromatic heterocycles. The normalized spacial score (nSPS) is 14.4. The van der Waals surface area contributed by atoms with Gasteiger partial charge in [-0.25, -0.2) is 4.98 Å². The van der Waals surface area contributed by atoms with Crippen molar-refractivity contribution in [2.75, 3.05) is 31.1 Å². The zero-order chi connectivity index (χ0) is 20.5. The van der Waals surface area contributed by atoms with Crippen molar-refractivity contribution in [1.82, 2.24) is 25.0 Å². The quantitative estimate of drug-likeness (QED) is 0.564. The summed E-state index contributed by atoms with van der Waals surface area (Å²) in [4.78, 5) is 29.1. The van der Waals surface area contributed by atoms with E-state index in [2.05, 4.69) is 25.0 Å². The Bertz CT molecular complexity index is 1140. The number of H-pyrrole nitrogens is 1. The molecule has 8 heteroatoms. The van der Waals surface area contributed by atoms with Gasteiger partial charge in [0.1, 0.15) is 11.5 Å². The molecule has 0 unspecified atom stereocenters. The molecule has 1 fully saturated rings. The van der Waals surface area contributed by atoms with Crippen LogP contribution in [0.3, 0.4) is 0 Å². The number of pyridine rings is 1. The Kier molecular flexibility index (Phi) is 4.66. The van der Waals surface area contributed by atoms with Crippen molar-refractivity contribution in [3.8, 4) is 11.4 Å². The number of carbonyl (C=O) groups is 1. The molecule has 0 atom stereocenters. The predicted octanol–water partition coefficient (Wildman–Crippen LogP) is 3.14. The van der Waals surface area contributed by atoms with Crippen molar-refractivity contribution in [1.29, 1.82) is 0 Å². The Morgan fingerprint density at radius 3 is 2.67 bits per heavy atom. The predicted molar refractivity (Wildman–Crippen MR) is 113 cm³/mol. The first-order valence-corrected chi connectivity index (χ1v) is 10.1. The van der Waals surface area contributed by atoms with Crippen LogP contribution in [0.2, 0.25) is 0 Å². The molecule has 0 bridgehead atoms. The van der Waals surface area contributed by atoms with Gasteiger partial charge in [0, 0.05) is 55.3 Å². The number of hydrogen-bond donors (Lipinski definition) is 1. The summed E-state index contributed by atoms with van der Waals surface area (Å²) in [6.45, 7) is 4.76. The summed E-state index contributed by atoms with van der Waals surface area (Å²) < 4.78 is 5.17. The highest BCUT2D eigenvalue weighted by molar-refractivity contribution is 5.98. The number of nitrogens with zero attached hydrogens (tertiary/aromatic N) is 5. The van der Waals surface area contributed by atoms with Crippen LogP contribution in [-0.2, 0) is 6.42 Å². The molecular weight excluding hydrogens is 380 g/mol. The van der Waals surface area contributed by atoms with Gasteiger partial charge in [-0.3, -0.25) is 4.79 Å². The molecule has 1 amide bonds. The summed E-state index contributed by atoms with van der Waals surface area (Å²) in [5.41, 5.74) is 2.45. The number of rotatable bonds is 4. The van der Waals surface area contributed by atoms with Crippen molar-refractivity contribution in [3.05, 3.63) is 60.2 Å². The lowest BCUT2D eigenvalue weighted by molar-refractivity contribution is 0.0741. The molecule has 0 saturated carbocycles. The Balaban J connectivity index is 1.23. The Morgan fingerprint density at radius 1 is 1.13 bits per heavy atom. The highest BCUT2D eigenvalue weighted by Crippen LogP contribution is 2.21. The van der Waals surface area contributed by atoms with Gasteiger partial charge in [0.15, 0.2) is 0 Å². The molecule has 0 spiro atoms. The van der Waals surface area contributed by atoms with Crippen LogP contribution in [0.1, 0.15) is 23.3 Å². The number of fused-ring (bicyclic) bond motifs is 1. The highest BCUT2D eigenvalue weighted by Gasteiger charge is 2.24. The summed E-state index contributed by atoms with van der Waals surface area (Å²) in [6, 6.07) is 13.8. The molecule has 1 aliphatic rings. The average Bonchev–Trinajstić information content (AvgIpc) is 3.46. The van der Waals surface area contributed by atoms with Crippen LogP contribution >= 0.6 is 0 Å². The number of para-hydroxylation sites is 1. The van der Waals surface area contributed by atoms with Crippen molar-refractivity contribution in [2.24, 2.45) is 0 Å². The van der Waals surface area contributed by atoms with E-state index in [1.807, 2.05) is 54.3 Å². The van der Waals surface area contributed by atoms with Gasteiger partial charge in [-0.1, -0.05) is 30.3 Å². The fraction of sp³-hybridized carbons (Fsp3) is 0.273. The number of carbonyl (C=O) groups excluding carboxylic acids is 1. The van der Waals surface area contributed by atoms with Gasteiger partial charge >= 0.3 is 0 Å². The second kappa shape index (κ2) is 7.62. The van der Waals surface area contributed by atoms with E-state index in [0.717, 1.165) is 35.4 Å². The Morgan fingerprint density at radius 2 is 1.97 bits per heavy atom. The molecule has 5 rings (SSSR count). The Hall–Kier alpha value is -3.68. The summed E-state index contributed by atoms with van der Waals surface area (Å²) in [7, 11) is 0.